The minimum atomic E-state index is -3.55. The quantitative estimate of drug-likeness (QED) is 0.533. The van der Waals surface area contributed by atoms with Crippen LogP contribution in [0.4, 0.5) is 0 Å². The predicted molar refractivity (Wildman–Crippen MR) is 115 cm³/mol. The molecule has 1 heterocycles. The molecular weight excluding hydrogens is 374 g/mol. The molecule has 27 heavy (non-hydrogen) atoms. The molecule has 1 unspecified atom stereocenters. The molecule has 0 aromatic heterocycles. The molecule has 1 fully saturated rings. The fourth-order valence-corrected chi connectivity index (χ4v) is 6.43. The predicted octanol–water partition coefficient (Wildman–Crippen LogP) is 4.50. The molecule has 0 bridgehead atoms. The van der Waals surface area contributed by atoms with E-state index in [0.29, 0.717) is 24.4 Å². The first-order valence-corrected chi connectivity index (χ1v) is 15.0. The molecule has 1 aromatic carbocycles. The zero-order valence-electron chi connectivity index (χ0n) is 17.5. The largest absolute Gasteiger partial charge is 0.385 e. The number of sulfonamides is 1. The molecule has 1 saturated heterocycles. The van der Waals surface area contributed by atoms with E-state index >= 15 is 0 Å². The lowest BCUT2D eigenvalue weighted by Gasteiger charge is -2.41. The number of unbranched alkanes of at least 4 members (excludes halogenated alkanes) is 2. The van der Waals surface area contributed by atoms with Crippen LogP contribution in [0.15, 0.2) is 40.4 Å². The van der Waals surface area contributed by atoms with Crippen LogP contribution >= 0.6 is 0 Å². The Labute approximate surface area is 166 Å². The summed E-state index contributed by atoms with van der Waals surface area (Å²) in [5.41, 5.74) is 3.28. The van der Waals surface area contributed by atoms with Crippen LogP contribution in [0.1, 0.15) is 44.6 Å². The molecule has 6 heteroatoms. The van der Waals surface area contributed by atoms with E-state index in [1.54, 1.807) is 12.1 Å². The number of aliphatic hydroxyl groups is 1. The molecule has 0 aliphatic carbocycles. The van der Waals surface area contributed by atoms with Crippen LogP contribution in [-0.2, 0) is 10.0 Å². The Morgan fingerprint density at radius 3 is 2.37 bits per heavy atom. The van der Waals surface area contributed by atoms with Gasteiger partial charge in [0.25, 0.3) is 0 Å². The molecule has 4 nitrogen and oxygen atoms in total. The van der Waals surface area contributed by atoms with E-state index in [4.69, 9.17) is 0 Å². The maximum atomic E-state index is 13.1. The summed E-state index contributed by atoms with van der Waals surface area (Å²) in [6, 6.07) is 7.01. The summed E-state index contributed by atoms with van der Waals surface area (Å²) < 4.78 is 27.8. The van der Waals surface area contributed by atoms with Crippen LogP contribution in [0, 0.1) is 6.92 Å². The fourth-order valence-electron chi connectivity index (χ4n) is 3.61. The Kier molecular flexibility index (Phi) is 7.11. The minimum absolute atomic E-state index is 0.295. The van der Waals surface area contributed by atoms with E-state index in [2.05, 4.69) is 32.3 Å². The second-order valence-electron chi connectivity index (χ2n) is 8.93. The van der Waals surface area contributed by atoms with E-state index in [-0.39, 0.29) is 0 Å². The molecule has 1 aromatic rings. The van der Waals surface area contributed by atoms with E-state index in [0.717, 1.165) is 36.8 Å². The van der Waals surface area contributed by atoms with Gasteiger partial charge in [-0.3, -0.25) is 0 Å². The van der Waals surface area contributed by atoms with Gasteiger partial charge in [0.05, 0.1) is 18.6 Å². The summed E-state index contributed by atoms with van der Waals surface area (Å²) in [4.78, 5) is 0.330. The van der Waals surface area contributed by atoms with Gasteiger partial charge in [-0.2, -0.15) is 4.31 Å². The maximum absolute atomic E-state index is 13.1. The van der Waals surface area contributed by atoms with E-state index in [1.807, 2.05) is 19.1 Å². The number of hydrogen-bond acceptors (Lipinski definition) is 3. The van der Waals surface area contributed by atoms with Crippen LogP contribution in [0.3, 0.4) is 0 Å². The normalized spacial score (nSPS) is 23.7. The summed E-state index contributed by atoms with van der Waals surface area (Å²) in [6.45, 7) is 11.4. The fraction of sp³-hybridized carbons (Fsp3) is 0.619. The molecule has 1 N–H and O–H groups in total. The molecule has 2 rings (SSSR count). The highest BCUT2D eigenvalue weighted by atomic mass is 32.2. The van der Waals surface area contributed by atoms with Crippen LogP contribution in [-0.4, -0.2) is 44.6 Å². The van der Waals surface area contributed by atoms with Gasteiger partial charge in [0.15, 0.2) is 0 Å². The number of nitrogens with zero attached hydrogens (tertiary/aromatic N) is 1. The van der Waals surface area contributed by atoms with E-state index in [9.17, 15) is 13.5 Å². The molecule has 0 amide bonds. The third-order valence-corrected chi connectivity index (χ3v) is 8.25. The number of benzene rings is 1. The van der Waals surface area contributed by atoms with Crippen molar-refractivity contribution in [1.29, 1.82) is 0 Å². The molecule has 152 valence electrons. The summed E-state index contributed by atoms with van der Waals surface area (Å²) >= 11 is 0. The number of piperidine rings is 1. The van der Waals surface area contributed by atoms with Gasteiger partial charge in [0, 0.05) is 13.1 Å². The van der Waals surface area contributed by atoms with Crippen molar-refractivity contribution in [2.24, 2.45) is 0 Å². The van der Waals surface area contributed by atoms with Gasteiger partial charge in [-0.15, -0.1) is 0 Å². The Balaban J connectivity index is 2.31. The third-order valence-electron chi connectivity index (χ3n) is 5.18. The topological polar surface area (TPSA) is 57.6 Å². The van der Waals surface area contributed by atoms with Crippen LogP contribution in [0.5, 0.6) is 0 Å². The van der Waals surface area contributed by atoms with Crippen molar-refractivity contribution in [2.75, 3.05) is 13.1 Å². The second-order valence-corrected chi connectivity index (χ2v) is 15.9. The Morgan fingerprint density at radius 2 is 1.81 bits per heavy atom. The van der Waals surface area contributed by atoms with Crippen LogP contribution in [0.25, 0.3) is 0 Å². The van der Waals surface area contributed by atoms with Crippen molar-refractivity contribution >= 4 is 18.1 Å². The van der Waals surface area contributed by atoms with Gasteiger partial charge in [-0.1, -0.05) is 69.2 Å². The monoisotopic (exact) mass is 409 g/mol. The first-order valence-electron chi connectivity index (χ1n) is 9.99. The molecule has 1 atom stereocenters. The van der Waals surface area contributed by atoms with E-state index < -0.39 is 23.7 Å². The van der Waals surface area contributed by atoms with E-state index in [1.165, 1.54) is 4.31 Å². The lowest BCUT2D eigenvalue weighted by molar-refractivity contribution is 0.0331. The van der Waals surface area contributed by atoms with Crippen LogP contribution in [0.2, 0.25) is 19.6 Å². The molecule has 0 radical (unpaired) electrons. The average Bonchev–Trinajstić information content (AvgIpc) is 2.56. The van der Waals surface area contributed by atoms with Crippen molar-refractivity contribution in [2.45, 2.75) is 76.1 Å². The van der Waals surface area contributed by atoms with Gasteiger partial charge >= 0.3 is 0 Å². The second kappa shape index (κ2) is 8.60. The van der Waals surface area contributed by atoms with Gasteiger partial charge in [0.1, 0.15) is 0 Å². The lowest BCUT2D eigenvalue weighted by Crippen LogP contribution is -2.49. The zero-order valence-corrected chi connectivity index (χ0v) is 19.3. The first kappa shape index (κ1) is 22.3. The highest BCUT2D eigenvalue weighted by molar-refractivity contribution is 7.89. The van der Waals surface area contributed by atoms with Crippen molar-refractivity contribution in [1.82, 2.24) is 4.31 Å². The smallest absolute Gasteiger partial charge is 0.243 e. The number of rotatable bonds is 7. The highest BCUT2D eigenvalue weighted by Gasteiger charge is 2.40. The Bertz CT molecular complexity index is 766. The van der Waals surface area contributed by atoms with Gasteiger partial charge in [0.2, 0.25) is 10.0 Å². The van der Waals surface area contributed by atoms with Gasteiger partial charge in [-0.25, -0.2) is 8.42 Å². The Morgan fingerprint density at radius 1 is 1.19 bits per heavy atom. The maximum Gasteiger partial charge on any atom is 0.243 e. The summed E-state index contributed by atoms with van der Waals surface area (Å²) in [5, 5.41) is 11.3. The average molecular weight is 410 g/mol. The SMILES string of the molecule is CCCCCC1(O)CCN(S(=O)(=O)c2ccc(C)cc2)C/C1=C\[Si](C)(C)C. The molecule has 0 saturated carbocycles. The van der Waals surface area contributed by atoms with Crippen LogP contribution < -0.4 is 0 Å². The van der Waals surface area contributed by atoms with Crippen molar-refractivity contribution in [3.05, 3.63) is 41.1 Å². The molecule has 0 spiro atoms. The van der Waals surface area contributed by atoms with Gasteiger partial charge in [-0.05, 0) is 37.5 Å². The summed E-state index contributed by atoms with van der Waals surface area (Å²) in [7, 11) is -5.15. The van der Waals surface area contributed by atoms with Gasteiger partial charge < -0.3 is 5.11 Å². The summed E-state index contributed by atoms with van der Waals surface area (Å²) in [6.07, 6.45) is 4.36. The highest BCUT2D eigenvalue weighted by Crippen LogP contribution is 2.35. The lowest BCUT2D eigenvalue weighted by atomic mass is 9.83. The number of hydrogen-bond donors (Lipinski definition) is 1. The molecule has 1 aliphatic heterocycles. The standard InChI is InChI=1S/C21H35NO3SSi/c1-6-7-8-13-21(23)14-15-22(16-19(21)17-27(3,4)5)26(24,25)20-11-9-18(2)10-12-20/h9-12,17,23H,6-8,13-16H2,1-5H3/b19-17+. The van der Waals surface area contributed by atoms with Crippen molar-refractivity contribution in [3.63, 3.8) is 0 Å². The first-order chi connectivity index (χ1) is 12.5. The zero-order chi connectivity index (χ0) is 20.3. The Hall–Kier alpha value is -0.953. The molecular formula is C21H35NO3SSi. The molecule has 1 aliphatic rings. The van der Waals surface area contributed by atoms with Crippen molar-refractivity contribution in [3.8, 4) is 0 Å². The minimum Gasteiger partial charge on any atom is -0.385 e. The summed E-state index contributed by atoms with van der Waals surface area (Å²) in [5.74, 6) is 0. The number of aryl methyl sites for hydroxylation is 1. The van der Waals surface area contributed by atoms with Crippen molar-refractivity contribution < 1.29 is 13.5 Å². The third kappa shape index (κ3) is 5.76.